The van der Waals surface area contributed by atoms with Crippen LogP contribution in [0.2, 0.25) is 0 Å². The fourth-order valence-electron chi connectivity index (χ4n) is 1.58. The Balaban J connectivity index is 2.39. The van der Waals surface area contributed by atoms with Crippen molar-refractivity contribution in [3.8, 4) is 0 Å². The number of hydrogen-bond donors (Lipinski definition) is 1. The Morgan fingerprint density at radius 2 is 2.12 bits per heavy atom. The van der Waals surface area contributed by atoms with Gasteiger partial charge in [-0.2, -0.15) is 0 Å². The molecular weight excluding hydrogens is 209 g/mol. The molecule has 1 heterocycles. The normalized spacial score (nSPS) is 18.0. The van der Waals surface area contributed by atoms with Gasteiger partial charge in [-0.1, -0.05) is 11.6 Å². The van der Waals surface area contributed by atoms with Gasteiger partial charge in [0.05, 0.1) is 6.42 Å². The maximum absolute atomic E-state index is 13.4. The first kappa shape index (κ1) is 10.5. The predicted molar refractivity (Wildman–Crippen MR) is 56.9 cm³/mol. The van der Waals surface area contributed by atoms with Gasteiger partial charge in [-0.05, 0) is 25.1 Å². The fraction of sp³-hybridized carbons (Fsp3) is 0.167. The van der Waals surface area contributed by atoms with Gasteiger partial charge in [-0.3, -0.25) is 14.9 Å². The lowest BCUT2D eigenvalue weighted by Gasteiger charge is -1.99. The minimum atomic E-state index is -0.439. The zero-order valence-electron chi connectivity index (χ0n) is 8.71. The number of imide groups is 1. The van der Waals surface area contributed by atoms with Crippen molar-refractivity contribution in [1.29, 1.82) is 0 Å². The molecule has 1 aromatic carbocycles. The molecule has 0 unspecified atom stereocenters. The Kier molecular flexibility index (Phi) is 2.56. The third-order valence-corrected chi connectivity index (χ3v) is 2.38. The Bertz CT molecular complexity index is 506. The summed E-state index contributed by atoms with van der Waals surface area (Å²) < 4.78 is 13.4. The van der Waals surface area contributed by atoms with Crippen LogP contribution in [-0.4, -0.2) is 11.8 Å². The first-order chi connectivity index (χ1) is 7.56. The van der Waals surface area contributed by atoms with E-state index in [-0.39, 0.29) is 12.3 Å². The van der Waals surface area contributed by atoms with Crippen LogP contribution in [0, 0.1) is 12.7 Å². The summed E-state index contributed by atoms with van der Waals surface area (Å²) in [6.45, 7) is 1.83. The summed E-state index contributed by atoms with van der Waals surface area (Å²) >= 11 is 0. The van der Waals surface area contributed by atoms with Gasteiger partial charge >= 0.3 is 0 Å². The van der Waals surface area contributed by atoms with E-state index >= 15 is 0 Å². The number of carbonyl (C=O) groups excluding carboxylic acids is 2. The standard InChI is InChI=1S/C12H10FNO2/c1-7-2-3-10(13)8(4-7)5-9-6-11(15)14-12(9)16/h2-5H,6H2,1H3,(H,14,15,16)/b9-5-. The number of aryl methyl sites for hydroxylation is 1. The molecule has 1 aliphatic rings. The van der Waals surface area contributed by atoms with E-state index in [1.165, 1.54) is 12.1 Å². The Labute approximate surface area is 92.0 Å². The molecule has 0 radical (unpaired) electrons. The van der Waals surface area contributed by atoms with Crippen molar-refractivity contribution in [2.24, 2.45) is 0 Å². The molecule has 0 spiro atoms. The zero-order valence-corrected chi connectivity index (χ0v) is 8.71. The molecule has 0 atom stereocenters. The van der Waals surface area contributed by atoms with Crippen molar-refractivity contribution < 1.29 is 14.0 Å². The minimum absolute atomic E-state index is 0.0201. The molecule has 2 rings (SSSR count). The van der Waals surface area contributed by atoms with E-state index < -0.39 is 11.7 Å². The zero-order chi connectivity index (χ0) is 11.7. The molecule has 0 aliphatic carbocycles. The van der Waals surface area contributed by atoms with E-state index in [0.29, 0.717) is 11.1 Å². The second-order valence-corrected chi connectivity index (χ2v) is 3.75. The Morgan fingerprint density at radius 3 is 2.75 bits per heavy atom. The Hall–Kier alpha value is -1.97. The van der Waals surface area contributed by atoms with Crippen LogP contribution in [0.1, 0.15) is 17.5 Å². The second kappa shape index (κ2) is 3.89. The second-order valence-electron chi connectivity index (χ2n) is 3.75. The molecule has 0 saturated carbocycles. The molecule has 0 aromatic heterocycles. The molecule has 1 N–H and O–H groups in total. The van der Waals surface area contributed by atoms with E-state index in [2.05, 4.69) is 5.32 Å². The number of rotatable bonds is 1. The van der Waals surface area contributed by atoms with Crippen LogP contribution in [0.25, 0.3) is 6.08 Å². The lowest BCUT2D eigenvalue weighted by Crippen LogP contribution is -2.19. The van der Waals surface area contributed by atoms with Crippen LogP contribution in [0.15, 0.2) is 23.8 Å². The van der Waals surface area contributed by atoms with Gasteiger partial charge in [0.1, 0.15) is 5.82 Å². The smallest absolute Gasteiger partial charge is 0.254 e. The monoisotopic (exact) mass is 219 g/mol. The average molecular weight is 219 g/mol. The van der Waals surface area contributed by atoms with Crippen LogP contribution < -0.4 is 5.32 Å². The molecule has 82 valence electrons. The lowest BCUT2D eigenvalue weighted by molar-refractivity contribution is -0.124. The average Bonchev–Trinajstić information content (AvgIpc) is 2.51. The van der Waals surface area contributed by atoms with Crippen molar-refractivity contribution in [3.63, 3.8) is 0 Å². The van der Waals surface area contributed by atoms with Crippen molar-refractivity contribution in [2.45, 2.75) is 13.3 Å². The number of carbonyl (C=O) groups is 2. The number of halogens is 1. The lowest BCUT2D eigenvalue weighted by atomic mass is 10.1. The molecule has 4 heteroatoms. The van der Waals surface area contributed by atoms with Crippen LogP contribution >= 0.6 is 0 Å². The Morgan fingerprint density at radius 1 is 1.38 bits per heavy atom. The summed E-state index contributed by atoms with van der Waals surface area (Å²) in [6.07, 6.45) is 1.44. The van der Waals surface area contributed by atoms with E-state index in [9.17, 15) is 14.0 Å². The molecule has 16 heavy (non-hydrogen) atoms. The molecule has 1 aliphatic heterocycles. The number of amides is 2. The van der Waals surface area contributed by atoms with Gasteiger partial charge in [-0.25, -0.2) is 4.39 Å². The van der Waals surface area contributed by atoms with Crippen molar-refractivity contribution >= 4 is 17.9 Å². The number of benzene rings is 1. The molecule has 1 fully saturated rings. The van der Waals surface area contributed by atoms with E-state index in [1.807, 2.05) is 6.92 Å². The molecule has 1 aromatic rings. The summed E-state index contributed by atoms with van der Waals surface area (Å²) in [5.74, 6) is -1.18. The molecule has 0 bridgehead atoms. The van der Waals surface area contributed by atoms with Crippen LogP contribution in [0.5, 0.6) is 0 Å². The van der Waals surface area contributed by atoms with Gasteiger partial charge in [0.25, 0.3) is 5.91 Å². The van der Waals surface area contributed by atoms with Crippen LogP contribution in [0.3, 0.4) is 0 Å². The fourth-order valence-corrected chi connectivity index (χ4v) is 1.58. The molecule has 1 saturated heterocycles. The highest BCUT2D eigenvalue weighted by atomic mass is 19.1. The molecule has 3 nitrogen and oxygen atoms in total. The maximum atomic E-state index is 13.4. The van der Waals surface area contributed by atoms with Gasteiger partial charge in [0.15, 0.2) is 0 Å². The van der Waals surface area contributed by atoms with E-state index in [4.69, 9.17) is 0 Å². The number of hydrogen-bond acceptors (Lipinski definition) is 2. The van der Waals surface area contributed by atoms with Crippen molar-refractivity contribution in [2.75, 3.05) is 0 Å². The summed E-state index contributed by atoms with van der Waals surface area (Å²) in [7, 11) is 0. The predicted octanol–water partition coefficient (Wildman–Crippen LogP) is 1.56. The third-order valence-electron chi connectivity index (χ3n) is 2.38. The summed E-state index contributed by atoms with van der Waals surface area (Å²) in [5.41, 5.74) is 1.53. The van der Waals surface area contributed by atoms with Gasteiger partial charge in [0.2, 0.25) is 5.91 Å². The highest BCUT2D eigenvalue weighted by molar-refractivity contribution is 6.15. The molecule has 2 amide bonds. The van der Waals surface area contributed by atoms with E-state index in [1.54, 1.807) is 12.1 Å². The summed E-state index contributed by atoms with van der Waals surface area (Å²) in [4.78, 5) is 22.2. The summed E-state index contributed by atoms with van der Waals surface area (Å²) in [5, 5.41) is 2.15. The highest BCUT2D eigenvalue weighted by Gasteiger charge is 2.23. The van der Waals surface area contributed by atoms with Crippen molar-refractivity contribution in [3.05, 3.63) is 40.7 Å². The van der Waals surface area contributed by atoms with Gasteiger partial charge < -0.3 is 0 Å². The third kappa shape index (κ3) is 2.00. The first-order valence-corrected chi connectivity index (χ1v) is 4.87. The number of nitrogens with one attached hydrogen (secondary N) is 1. The maximum Gasteiger partial charge on any atom is 0.254 e. The first-order valence-electron chi connectivity index (χ1n) is 4.87. The summed E-state index contributed by atoms with van der Waals surface area (Å²) in [6, 6.07) is 4.63. The van der Waals surface area contributed by atoms with Gasteiger partial charge in [-0.15, -0.1) is 0 Å². The van der Waals surface area contributed by atoms with Crippen LogP contribution in [0.4, 0.5) is 4.39 Å². The van der Waals surface area contributed by atoms with E-state index in [0.717, 1.165) is 5.56 Å². The highest BCUT2D eigenvalue weighted by Crippen LogP contribution is 2.18. The quantitative estimate of drug-likeness (QED) is 0.575. The topological polar surface area (TPSA) is 46.2 Å². The minimum Gasteiger partial charge on any atom is -0.292 e. The SMILES string of the molecule is Cc1ccc(F)c(/C=C2/CC(=O)NC2=O)c1. The van der Waals surface area contributed by atoms with Gasteiger partial charge in [0, 0.05) is 11.1 Å². The molecular formula is C12H10FNO2. The largest absolute Gasteiger partial charge is 0.292 e. The van der Waals surface area contributed by atoms with Crippen LogP contribution in [-0.2, 0) is 9.59 Å². The van der Waals surface area contributed by atoms with Crippen molar-refractivity contribution in [1.82, 2.24) is 5.32 Å².